The highest BCUT2D eigenvalue weighted by atomic mass is 35.5. The van der Waals surface area contributed by atoms with Crippen molar-refractivity contribution >= 4 is 42.1 Å². The Hall–Kier alpha value is -1.21. The van der Waals surface area contributed by atoms with Crippen LogP contribution < -0.4 is 11.1 Å². The molecule has 1 aromatic heterocycles. The van der Waals surface area contributed by atoms with Gasteiger partial charge in [-0.25, -0.2) is 9.37 Å². The van der Waals surface area contributed by atoms with E-state index in [2.05, 4.69) is 10.3 Å². The van der Waals surface area contributed by atoms with Gasteiger partial charge in [-0.1, -0.05) is 18.2 Å². The van der Waals surface area contributed by atoms with Crippen LogP contribution >= 0.6 is 36.2 Å². The highest BCUT2D eigenvalue weighted by Gasteiger charge is 2.31. The Morgan fingerprint density at radius 2 is 2.08 bits per heavy atom. The number of benzene rings is 1. The normalized spacial score (nSPS) is 14.2. The molecule has 0 aliphatic heterocycles. The molecule has 3 rings (SSSR count). The van der Waals surface area contributed by atoms with Crippen molar-refractivity contribution in [3.8, 4) is 0 Å². The zero-order valence-corrected chi connectivity index (χ0v) is 15.4. The SMILES string of the molecule is Cl.Cl.NCC(NC(=O)c1csc(Cc2ccccc2F)n1)C1CC1. The van der Waals surface area contributed by atoms with Gasteiger partial charge in [0, 0.05) is 24.4 Å². The van der Waals surface area contributed by atoms with Crippen LogP contribution in [0.5, 0.6) is 0 Å². The van der Waals surface area contributed by atoms with Crippen LogP contribution in [0.2, 0.25) is 0 Å². The number of carbonyl (C=O) groups excluding carboxylic acids is 1. The first-order valence-corrected chi connectivity index (χ1v) is 8.24. The minimum atomic E-state index is -0.249. The van der Waals surface area contributed by atoms with Gasteiger partial charge in [0.25, 0.3) is 5.91 Å². The van der Waals surface area contributed by atoms with Crippen LogP contribution in [0.15, 0.2) is 29.6 Å². The minimum absolute atomic E-state index is 0. The summed E-state index contributed by atoms with van der Waals surface area (Å²) >= 11 is 1.37. The summed E-state index contributed by atoms with van der Waals surface area (Å²) in [5, 5.41) is 5.38. The molecule has 1 aromatic carbocycles. The van der Waals surface area contributed by atoms with Gasteiger partial charge in [0.05, 0.1) is 5.01 Å². The zero-order valence-electron chi connectivity index (χ0n) is 12.9. The summed E-state index contributed by atoms with van der Waals surface area (Å²) in [5.74, 6) is 0.0597. The maximum atomic E-state index is 13.6. The number of nitrogens with zero attached hydrogens (tertiary/aromatic N) is 1. The monoisotopic (exact) mass is 391 g/mol. The molecule has 0 radical (unpaired) electrons. The average molecular weight is 392 g/mol. The fraction of sp³-hybridized carbons (Fsp3) is 0.375. The fourth-order valence-electron chi connectivity index (χ4n) is 2.41. The van der Waals surface area contributed by atoms with Crippen molar-refractivity contribution in [1.82, 2.24) is 10.3 Å². The van der Waals surface area contributed by atoms with E-state index in [1.54, 1.807) is 23.6 Å². The zero-order chi connectivity index (χ0) is 15.5. The lowest BCUT2D eigenvalue weighted by Crippen LogP contribution is -2.41. The maximum Gasteiger partial charge on any atom is 0.271 e. The Kier molecular flexibility index (Phi) is 8.09. The van der Waals surface area contributed by atoms with Crippen molar-refractivity contribution in [3.05, 3.63) is 51.7 Å². The number of thiazole rings is 1. The first-order valence-electron chi connectivity index (χ1n) is 7.36. The number of amides is 1. The van der Waals surface area contributed by atoms with E-state index < -0.39 is 0 Å². The van der Waals surface area contributed by atoms with Crippen molar-refractivity contribution in [1.29, 1.82) is 0 Å². The van der Waals surface area contributed by atoms with Gasteiger partial charge >= 0.3 is 0 Å². The van der Waals surface area contributed by atoms with Crippen molar-refractivity contribution in [2.45, 2.75) is 25.3 Å². The Morgan fingerprint density at radius 1 is 1.38 bits per heavy atom. The van der Waals surface area contributed by atoms with Gasteiger partial charge in [-0.2, -0.15) is 0 Å². The van der Waals surface area contributed by atoms with Crippen LogP contribution in [0.25, 0.3) is 0 Å². The topological polar surface area (TPSA) is 68.0 Å². The third kappa shape index (κ3) is 5.14. The van der Waals surface area contributed by atoms with E-state index in [4.69, 9.17) is 5.73 Å². The Morgan fingerprint density at radius 3 is 2.71 bits per heavy atom. The van der Waals surface area contributed by atoms with Crippen LogP contribution in [-0.2, 0) is 6.42 Å². The molecule has 2 aromatic rings. The second kappa shape index (κ2) is 9.32. The van der Waals surface area contributed by atoms with Crippen molar-refractivity contribution < 1.29 is 9.18 Å². The molecule has 8 heteroatoms. The van der Waals surface area contributed by atoms with Crippen molar-refractivity contribution in [2.75, 3.05) is 6.54 Å². The standard InChI is InChI=1S/C16H18FN3OS.2ClH/c17-12-4-2-1-3-11(12)7-15-19-14(9-22-15)16(21)20-13(8-18)10-5-6-10;;/h1-4,9-10,13H,5-8,18H2,(H,20,21);2*1H. The van der Waals surface area contributed by atoms with Crippen LogP contribution in [0.4, 0.5) is 4.39 Å². The molecule has 1 aliphatic rings. The van der Waals surface area contributed by atoms with Crippen molar-refractivity contribution in [2.24, 2.45) is 11.7 Å². The quantitative estimate of drug-likeness (QED) is 0.794. The lowest BCUT2D eigenvalue weighted by molar-refractivity contribution is 0.0929. The third-order valence-corrected chi connectivity index (χ3v) is 4.69. The minimum Gasteiger partial charge on any atom is -0.346 e. The average Bonchev–Trinajstić information content (AvgIpc) is 3.26. The molecule has 0 bridgehead atoms. The molecule has 4 nitrogen and oxygen atoms in total. The Bertz CT molecular complexity index is 679. The second-order valence-corrected chi connectivity index (χ2v) is 6.49. The van der Waals surface area contributed by atoms with Gasteiger partial charge in [0.1, 0.15) is 11.5 Å². The van der Waals surface area contributed by atoms with Crippen molar-refractivity contribution in [3.63, 3.8) is 0 Å². The summed E-state index contributed by atoms with van der Waals surface area (Å²) in [6, 6.07) is 6.64. The molecule has 132 valence electrons. The maximum absolute atomic E-state index is 13.6. The number of carbonyl (C=O) groups is 1. The number of halogens is 3. The second-order valence-electron chi connectivity index (χ2n) is 5.55. The molecule has 1 amide bonds. The molecule has 0 saturated heterocycles. The van der Waals surface area contributed by atoms with Crippen LogP contribution in [0.1, 0.15) is 33.9 Å². The predicted molar refractivity (Wildman–Crippen MR) is 98.8 cm³/mol. The first-order chi connectivity index (χ1) is 10.7. The number of nitrogens with one attached hydrogen (secondary N) is 1. The van der Waals surface area contributed by atoms with Gasteiger partial charge < -0.3 is 11.1 Å². The van der Waals surface area contributed by atoms with E-state index >= 15 is 0 Å². The molecule has 1 atom stereocenters. The van der Waals surface area contributed by atoms with Crippen LogP contribution in [-0.4, -0.2) is 23.5 Å². The molecule has 1 aliphatic carbocycles. The summed E-state index contributed by atoms with van der Waals surface area (Å²) in [7, 11) is 0. The van der Waals surface area contributed by atoms with Gasteiger partial charge in [-0.3, -0.25) is 4.79 Å². The summed E-state index contributed by atoms with van der Waals surface area (Å²) in [5.41, 5.74) is 6.66. The first kappa shape index (κ1) is 20.8. The van der Waals surface area contributed by atoms with Gasteiger partial charge in [-0.05, 0) is 30.4 Å². The molecule has 0 spiro atoms. The van der Waals surface area contributed by atoms with Gasteiger partial charge in [0.15, 0.2) is 0 Å². The number of hydrogen-bond acceptors (Lipinski definition) is 4. The van der Waals surface area contributed by atoms with E-state index in [9.17, 15) is 9.18 Å². The predicted octanol–water partition coefficient (Wildman–Crippen LogP) is 3.18. The summed E-state index contributed by atoms with van der Waals surface area (Å²) in [4.78, 5) is 16.5. The Balaban J connectivity index is 0.00000144. The fourth-order valence-corrected chi connectivity index (χ4v) is 3.21. The van der Waals surface area contributed by atoms with Crippen LogP contribution in [0.3, 0.4) is 0 Å². The highest BCUT2D eigenvalue weighted by Crippen LogP contribution is 2.32. The number of nitrogens with two attached hydrogens (primary N) is 1. The largest absolute Gasteiger partial charge is 0.346 e. The van der Waals surface area contributed by atoms with E-state index in [1.165, 1.54) is 17.4 Å². The molecular weight excluding hydrogens is 372 g/mol. The molecule has 3 N–H and O–H groups in total. The molecule has 1 heterocycles. The van der Waals surface area contributed by atoms with E-state index in [0.717, 1.165) is 17.8 Å². The highest BCUT2D eigenvalue weighted by molar-refractivity contribution is 7.09. The molecule has 24 heavy (non-hydrogen) atoms. The van der Waals surface area contributed by atoms with E-state index in [0.29, 0.717) is 30.1 Å². The number of aromatic nitrogens is 1. The molecule has 1 saturated carbocycles. The third-order valence-electron chi connectivity index (χ3n) is 3.85. The summed E-state index contributed by atoms with van der Waals surface area (Å²) in [6.07, 6.45) is 2.64. The van der Waals surface area contributed by atoms with Gasteiger partial charge in [-0.15, -0.1) is 36.2 Å². The lowest BCUT2D eigenvalue weighted by Gasteiger charge is -2.14. The van der Waals surface area contributed by atoms with E-state index in [-0.39, 0.29) is 42.6 Å². The van der Waals surface area contributed by atoms with E-state index in [1.807, 2.05) is 0 Å². The number of hydrogen-bond donors (Lipinski definition) is 2. The molecular formula is C16H20Cl2FN3OS. The lowest BCUT2D eigenvalue weighted by atomic mass is 10.1. The van der Waals surface area contributed by atoms with Gasteiger partial charge in [0.2, 0.25) is 0 Å². The summed E-state index contributed by atoms with van der Waals surface area (Å²) < 4.78 is 13.6. The molecule has 1 unspecified atom stereocenters. The summed E-state index contributed by atoms with van der Waals surface area (Å²) in [6.45, 7) is 0.447. The molecule has 1 fully saturated rings. The number of rotatable bonds is 6. The Labute approximate surface area is 156 Å². The smallest absolute Gasteiger partial charge is 0.271 e. The van der Waals surface area contributed by atoms with Crippen LogP contribution in [0, 0.1) is 11.7 Å².